The molecule has 0 spiro atoms. The summed E-state index contributed by atoms with van der Waals surface area (Å²) in [5, 5.41) is 11.8. The van der Waals surface area contributed by atoms with E-state index in [4.69, 9.17) is 9.47 Å². The van der Waals surface area contributed by atoms with Crippen molar-refractivity contribution in [1.29, 1.82) is 0 Å². The van der Waals surface area contributed by atoms with Crippen LogP contribution in [0.2, 0.25) is 0 Å². The monoisotopic (exact) mass is 404 g/mol. The highest BCUT2D eigenvalue weighted by Gasteiger charge is 2.20. The Morgan fingerprint density at radius 1 is 1.32 bits per heavy atom. The summed E-state index contributed by atoms with van der Waals surface area (Å²) in [6.07, 6.45) is 2.29. The maximum atomic E-state index is 12.3. The smallest absolute Gasteiger partial charge is 0.338 e. The molecule has 2 aromatic rings. The number of carbonyl (C=O) groups excluding carboxylic acids is 2. The molecule has 0 unspecified atom stereocenters. The maximum absolute atomic E-state index is 12.3. The Kier molecular flexibility index (Phi) is 7.05. The molecule has 1 aliphatic heterocycles. The number of ether oxygens (including phenoxy) is 2. The van der Waals surface area contributed by atoms with Crippen LogP contribution in [0.1, 0.15) is 35.9 Å². The summed E-state index contributed by atoms with van der Waals surface area (Å²) in [5.41, 5.74) is 1.07. The molecule has 1 atom stereocenters. The lowest BCUT2D eigenvalue weighted by molar-refractivity contribution is -0.113. The lowest BCUT2D eigenvalue weighted by atomic mass is 10.2. The SMILES string of the molecule is CCOC(=O)c1ccc(NC(=O)CSc2nnc(C)n2C[C@@H]2CCCO2)cc1. The third kappa shape index (κ3) is 5.32. The Morgan fingerprint density at radius 3 is 2.79 bits per heavy atom. The van der Waals surface area contributed by atoms with Crippen LogP contribution in [0.25, 0.3) is 0 Å². The van der Waals surface area contributed by atoms with Crippen LogP contribution in [0.4, 0.5) is 5.69 Å². The van der Waals surface area contributed by atoms with Gasteiger partial charge in [0.05, 0.1) is 30.6 Å². The molecule has 8 nitrogen and oxygen atoms in total. The van der Waals surface area contributed by atoms with Crippen molar-refractivity contribution < 1.29 is 19.1 Å². The molecule has 0 radical (unpaired) electrons. The molecule has 2 heterocycles. The number of amides is 1. The number of thioether (sulfide) groups is 1. The molecule has 28 heavy (non-hydrogen) atoms. The zero-order chi connectivity index (χ0) is 19.9. The zero-order valence-electron chi connectivity index (χ0n) is 16.0. The molecule has 1 fully saturated rings. The predicted octanol–water partition coefficient (Wildman–Crippen LogP) is 2.67. The maximum Gasteiger partial charge on any atom is 0.338 e. The summed E-state index contributed by atoms with van der Waals surface area (Å²) in [7, 11) is 0. The highest BCUT2D eigenvalue weighted by molar-refractivity contribution is 7.99. The van der Waals surface area contributed by atoms with E-state index in [-0.39, 0.29) is 23.7 Å². The Bertz CT molecular complexity index is 816. The fraction of sp³-hybridized carbons (Fsp3) is 0.474. The molecule has 0 saturated carbocycles. The number of hydrogen-bond donors (Lipinski definition) is 1. The first-order chi connectivity index (χ1) is 13.6. The summed E-state index contributed by atoms with van der Waals surface area (Å²) < 4.78 is 12.6. The molecule has 1 aromatic heterocycles. The van der Waals surface area contributed by atoms with Crippen molar-refractivity contribution in [1.82, 2.24) is 14.8 Å². The van der Waals surface area contributed by atoms with Gasteiger partial charge >= 0.3 is 5.97 Å². The van der Waals surface area contributed by atoms with Gasteiger partial charge in [0, 0.05) is 12.3 Å². The molecule has 9 heteroatoms. The standard InChI is InChI=1S/C19H24N4O4S/c1-3-26-18(25)14-6-8-15(9-7-14)20-17(24)12-28-19-22-21-13(2)23(19)11-16-5-4-10-27-16/h6-9,16H,3-5,10-12H2,1-2H3,(H,20,24)/t16-/m0/s1. The summed E-state index contributed by atoms with van der Waals surface area (Å²) in [4.78, 5) is 23.9. The first kappa shape index (κ1) is 20.3. The summed E-state index contributed by atoms with van der Waals surface area (Å²) in [6, 6.07) is 6.61. The minimum atomic E-state index is -0.378. The van der Waals surface area contributed by atoms with Crippen LogP contribution >= 0.6 is 11.8 Å². The molecule has 0 bridgehead atoms. The summed E-state index contributed by atoms with van der Waals surface area (Å²) in [5.74, 6) is 0.492. The van der Waals surface area contributed by atoms with Gasteiger partial charge in [0.1, 0.15) is 5.82 Å². The van der Waals surface area contributed by atoms with Gasteiger partial charge in [-0.25, -0.2) is 4.79 Å². The van der Waals surface area contributed by atoms with Crippen LogP contribution in [0, 0.1) is 6.92 Å². The minimum Gasteiger partial charge on any atom is -0.462 e. The van der Waals surface area contributed by atoms with Crippen LogP contribution in [-0.4, -0.2) is 51.7 Å². The number of aryl methyl sites for hydroxylation is 1. The second-order valence-electron chi connectivity index (χ2n) is 6.41. The number of carbonyl (C=O) groups is 2. The minimum absolute atomic E-state index is 0.154. The summed E-state index contributed by atoms with van der Waals surface area (Å²) >= 11 is 1.34. The number of rotatable bonds is 8. The van der Waals surface area contributed by atoms with E-state index in [2.05, 4.69) is 15.5 Å². The highest BCUT2D eigenvalue weighted by Crippen LogP contribution is 2.21. The second kappa shape index (κ2) is 9.70. The van der Waals surface area contributed by atoms with Crippen molar-refractivity contribution in [2.24, 2.45) is 0 Å². The van der Waals surface area contributed by atoms with Crippen LogP contribution < -0.4 is 5.32 Å². The van der Waals surface area contributed by atoms with Gasteiger partial charge in [-0.3, -0.25) is 4.79 Å². The van der Waals surface area contributed by atoms with Crippen LogP contribution in [-0.2, 0) is 20.8 Å². The van der Waals surface area contributed by atoms with E-state index in [1.807, 2.05) is 11.5 Å². The van der Waals surface area contributed by atoms with Gasteiger partial charge in [-0.1, -0.05) is 11.8 Å². The largest absolute Gasteiger partial charge is 0.462 e. The van der Waals surface area contributed by atoms with Gasteiger partial charge in [-0.05, 0) is 51.0 Å². The van der Waals surface area contributed by atoms with E-state index >= 15 is 0 Å². The van der Waals surface area contributed by atoms with Gasteiger partial charge in [0.2, 0.25) is 5.91 Å². The van der Waals surface area contributed by atoms with Crippen LogP contribution in [0.15, 0.2) is 29.4 Å². The lowest BCUT2D eigenvalue weighted by Gasteiger charge is -2.13. The first-order valence-corrected chi connectivity index (χ1v) is 10.3. The van der Waals surface area contributed by atoms with Crippen molar-refractivity contribution in [3.63, 3.8) is 0 Å². The van der Waals surface area contributed by atoms with Crippen molar-refractivity contribution in [3.05, 3.63) is 35.7 Å². The van der Waals surface area contributed by atoms with E-state index in [0.717, 1.165) is 25.3 Å². The number of anilines is 1. The van der Waals surface area contributed by atoms with Crippen molar-refractivity contribution >= 4 is 29.3 Å². The second-order valence-corrected chi connectivity index (χ2v) is 7.35. The molecule has 150 valence electrons. The first-order valence-electron chi connectivity index (χ1n) is 9.28. The average Bonchev–Trinajstić information content (AvgIpc) is 3.32. The van der Waals surface area contributed by atoms with E-state index in [1.54, 1.807) is 31.2 Å². The molecule has 1 amide bonds. The van der Waals surface area contributed by atoms with Gasteiger partial charge in [0.25, 0.3) is 0 Å². The third-order valence-electron chi connectivity index (χ3n) is 4.32. The topological polar surface area (TPSA) is 95.3 Å². The molecule has 3 rings (SSSR count). The van der Waals surface area contributed by atoms with Crippen molar-refractivity contribution in [3.8, 4) is 0 Å². The van der Waals surface area contributed by atoms with E-state index < -0.39 is 0 Å². The molecule has 1 saturated heterocycles. The Morgan fingerprint density at radius 2 is 2.11 bits per heavy atom. The lowest BCUT2D eigenvalue weighted by Crippen LogP contribution is -2.18. The number of hydrogen-bond acceptors (Lipinski definition) is 7. The highest BCUT2D eigenvalue weighted by atomic mass is 32.2. The molecule has 1 N–H and O–H groups in total. The molecular formula is C19H24N4O4S. The zero-order valence-corrected chi connectivity index (χ0v) is 16.8. The quantitative estimate of drug-likeness (QED) is 0.534. The van der Waals surface area contributed by atoms with Gasteiger partial charge in [-0.2, -0.15) is 0 Å². The van der Waals surface area contributed by atoms with Gasteiger partial charge in [-0.15, -0.1) is 10.2 Å². The molecule has 1 aliphatic rings. The average molecular weight is 404 g/mol. The normalized spacial score (nSPS) is 16.1. The number of esters is 1. The number of aromatic nitrogens is 3. The summed E-state index contributed by atoms with van der Waals surface area (Å²) in [6.45, 7) is 5.49. The number of nitrogens with one attached hydrogen (secondary N) is 1. The van der Waals surface area contributed by atoms with Crippen LogP contribution in [0.3, 0.4) is 0 Å². The predicted molar refractivity (Wildman–Crippen MR) is 105 cm³/mol. The number of benzene rings is 1. The Labute approximate surface area is 168 Å². The van der Waals surface area contributed by atoms with E-state index in [1.165, 1.54) is 11.8 Å². The third-order valence-corrected chi connectivity index (χ3v) is 5.29. The molecule has 1 aromatic carbocycles. The van der Waals surface area contributed by atoms with E-state index in [9.17, 15) is 9.59 Å². The Hall–Kier alpha value is -2.39. The van der Waals surface area contributed by atoms with Crippen molar-refractivity contribution in [2.45, 2.75) is 44.5 Å². The van der Waals surface area contributed by atoms with Crippen LogP contribution in [0.5, 0.6) is 0 Å². The van der Waals surface area contributed by atoms with Crippen molar-refractivity contribution in [2.75, 3.05) is 24.3 Å². The fourth-order valence-electron chi connectivity index (χ4n) is 2.90. The fourth-order valence-corrected chi connectivity index (χ4v) is 3.70. The van der Waals surface area contributed by atoms with Gasteiger partial charge in [0.15, 0.2) is 5.16 Å². The Balaban J connectivity index is 1.52. The number of nitrogens with zero attached hydrogens (tertiary/aromatic N) is 3. The molecule has 0 aliphatic carbocycles. The molecular weight excluding hydrogens is 380 g/mol. The van der Waals surface area contributed by atoms with Gasteiger partial charge < -0.3 is 19.4 Å². The van der Waals surface area contributed by atoms with E-state index in [0.29, 0.717) is 29.6 Å².